The number of rotatable bonds is 2. The van der Waals surface area contributed by atoms with E-state index in [1.165, 1.54) is 28.5 Å². The van der Waals surface area contributed by atoms with Crippen LogP contribution in [0.25, 0.3) is 10.2 Å². The van der Waals surface area contributed by atoms with Crippen molar-refractivity contribution in [2.75, 3.05) is 13.1 Å². The number of benzene rings is 1. The van der Waals surface area contributed by atoms with E-state index in [2.05, 4.69) is 12.1 Å². The lowest BCUT2D eigenvalue weighted by molar-refractivity contribution is 0.0795. The van der Waals surface area contributed by atoms with Gasteiger partial charge in [0, 0.05) is 33.1 Å². The molecule has 6 nitrogen and oxygen atoms in total. The van der Waals surface area contributed by atoms with Crippen LogP contribution in [0, 0.1) is 0 Å². The molecule has 0 radical (unpaired) electrons. The van der Waals surface area contributed by atoms with Crippen molar-refractivity contribution < 1.29 is 4.79 Å². The number of thiophene rings is 1. The van der Waals surface area contributed by atoms with Gasteiger partial charge in [-0.15, -0.1) is 11.3 Å². The Kier molecular flexibility index (Phi) is 4.03. The maximum atomic E-state index is 12.9. The summed E-state index contributed by atoms with van der Waals surface area (Å²) in [5.74, 6) is 0.269. The van der Waals surface area contributed by atoms with E-state index in [1.807, 2.05) is 23.1 Å². The summed E-state index contributed by atoms with van der Waals surface area (Å²) in [5, 5.41) is 0.418. The third-order valence-corrected chi connectivity index (χ3v) is 6.28. The zero-order valence-corrected chi connectivity index (χ0v) is 15.5. The first-order chi connectivity index (χ1) is 12.5. The normalized spacial score (nSPS) is 17.2. The third kappa shape index (κ3) is 2.59. The lowest BCUT2D eigenvalue weighted by atomic mass is 9.99. The molecule has 26 heavy (non-hydrogen) atoms. The van der Waals surface area contributed by atoms with Crippen LogP contribution in [0.1, 0.15) is 27.6 Å². The molecule has 0 spiro atoms. The van der Waals surface area contributed by atoms with Gasteiger partial charge < -0.3 is 4.90 Å². The van der Waals surface area contributed by atoms with E-state index >= 15 is 0 Å². The lowest BCUT2D eigenvalue weighted by Crippen LogP contribution is -2.36. The average molecular weight is 369 g/mol. The van der Waals surface area contributed by atoms with E-state index in [1.54, 1.807) is 13.1 Å². The molecule has 1 aliphatic rings. The average Bonchev–Trinajstić information content (AvgIpc) is 3.32. The highest BCUT2D eigenvalue weighted by molar-refractivity contribution is 7.20. The second-order valence-electron chi connectivity index (χ2n) is 6.68. The summed E-state index contributed by atoms with van der Waals surface area (Å²) in [7, 11) is 3.07. The molecule has 0 N–H and O–H groups in total. The molecule has 2 aromatic heterocycles. The molecule has 1 atom stereocenters. The van der Waals surface area contributed by atoms with Crippen molar-refractivity contribution in [2.24, 2.45) is 14.1 Å². The smallest absolute Gasteiger partial charge is 0.331 e. The predicted molar refractivity (Wildman–Crippen MR) is 102 cm³/mol. The van der Waals surface area contributed by atoms with Crippen LogP contribution in [0.2, 0.25) is 0 Å². The number of hydrogen-bond acceptors (Lipinski definition) is 4. The van der Waals surface area contributed by atoms with Crippen molar-refractivity contribution in [3.8, 4) is 0 Å². The number of fused-ring (bicyclic) bond motifs is 1. The maximum Gasteiger partial charge on any atom is 0.331 e. The molecule has 3 heterocycles. The van der Waals surface area contributed by atoms with Crippen LogP contribution < -0.4 is 11.2 Å². The van der Waals surface area contributed by atoms with Crippen molar-refractivity contribution in [1.29, 1.82) is 0 Å². The van der Waals surface area contributed by atoms with Gasteiger partial charge >= 0.3 is 5.69 Å². The first-order valence-corrected chi connectivity index (χ1v) is 9.33. The second kappa shape index (κ2) is 6.25. The van der Waals surface area contributed by atoms with Gasteiger partial charge in [-0.3, -0.25) is 18.7 Å². The van der Waals surface area contributed by atoms with Gasteiger partial charge in [0.2, 0.25) is 0 Å². The Morgan fingerprint density at radius 1 is 1.12 bits per heavy atom. The fourth-order valence-electron chi connectivity index (χ4n) is 3.57. The number of aromatic nitrogens is 2. The highest BCUT2D eigenvalue weighted by atomic mass is 32.1. The molecule has 7 heteroatoms. The lowest BCUT2D eigenvalue weighted by Gasteiger charge is -2.15. The van der Waals surface area contributed by atoms with E-state index in [-0.39, 0.29) is 17.2 Å². The third-order valence-electron chi connectivity index (χ3n) is 5.08. The van der Waals surface area contributed by atoms with E-state index in [9.17, 15) is 14.4 Å². The number of carbonyl (C=O) groups is 1. The number of aryl methyl sites for hydroxylation is 1. The quantitative estimate of drug-likeness (QED) is 0.693. The van der Waals surface area contributed by atoms with Gasteiger partial charge in [-0.2, -0.15) is 0 Å². The number of carbonyl (C=O) groups excluding carboxylic acids is 1. The topological polar surface area (TPSA) is 64.3 Å². The molecular formula is C19H19N3O3S. The highest BCUT2D eigenvalue weighted by Crippen LogP contribution is 2.30. The molecule has 4 rings (SSSR count). The Labute approximate surface area is 153 Å². The summed E-state index contributed by atoms with van der Waals surface area (Å²) in [5.41, 5.74) is 0.506. The van der Waals surface area contributed by atoms with Crippen LogP contribution in [0.5, 0.6) is 0 Å². The number of nitrogens with zero attached hydrogens (tertiary/aromatic N) is 3. The molecule has 1 saturated heterocycles. The Bertz CT molecular complexity index is 1110. The molecule has 134 valence electrons. The minimum Gasteiger partial charge on any atom is -0.337 e. The molecular weight excluding hydrogens is 350 g/mol. The largest absolute Gasteiger partial charge is 0.337 e. The Balaban J connectivity index is 1.65. The molecule has 1 aromatic carbocycles. The number of likely N-dealkylation sites (tertiary alicyclic amines) is 1. The summed E-state index contributed by atoms with van der Waals surface area (Å²) in [6.45, 7) is 1.37. The van der Waals surface area contributed by atoms with Crippen molar-refractivity contribution >= 4 is 27.5 Å². The fraction of sp³-hybridized carbons (Fsp3) is 0.316. The van der Waals surface area contributed by atoms with E-state index in [0.717, 1.165) is 11.0 Å². The van der Waals surface area contributed by atoms with Crippen LogP contribution in [0.3, 0.4) is 0 Å². The van der Waals surface area contributed by atoms with Gasteiger partial charge in [0.1, 0.15) is 4.83 Å². The second-order valence-corrected chi connectivity index (χ2v) is 7.71. The first kappa shape index (κ1) is 16.8. The summed E-state index contributed by atoms with van der Waals surface area (Å²) in [6.07, 6.45) is 0.931. The molecule has 0 saturated carbocycles. The van der Waals surface area contributed by atoms with E-state index in [4.69, 9.17) is 0 Å². The summed E-state index contributed by atoms with van der Waals surface area (Å²) >= 11 is 1.21. The van der Waals surface area contributed by atoms with Crippen LogP contribution in [-0.2, 0) is 14.1 Å². The van der Waals surface area contributed by atoms with Gasteiger partial charge in [0.15, 0.2) is 0 Å². The summed E-state index contributed by atoms with van der Waals surface area (Å²) in [4.78, 5) is 40.2. The number of hydrogen-bond donors (Lipinski definition) is 0. The monoisotopic (exact) mass is 369 g/mol. The van der Waals surface area contributed by atoms with Crippen LogP contribution in [-0.4, -0.2) is 33.0 Å². The Morgan fingerprint density at radius 2 is 1.85 bits per heavy atom. The SMILES string of the molecule is Cn1c(=O)c2cc(C(=O)N3CCC(c4ccccc4)C3)sc2n(C)c1=O. The maximum absolute atomic E-state index is 12.9. The molecule has 0 bridgehead atoms. The van der Waals surface area contributed by atoms with Crippen molar-refractivity contribution in [2.45, 2.75) is 12.3 Å². The van der Waals surface area contributed by atoms with Crippen LogP contribution in [0.15, 0.2) is 46.0 Å². The van der Waals surface area contributed by atoms with Crippen LogP contribution in [0.4, 0.5) is 0 Å². The Morgan fingerprint density at radius 3 is 2.58 bits per heavy atom. The van der Waals surface area contributed by atoms with Crippen molar-refractivity contribution in [3.63, 3.8) is 0 Å². The minimum atomic E-state index is -0.381. The van der Waals surface area contributed by atoms with Crippen molar-refractivity contribution in [3.05, 3.63) is 67.7 Å². The van der Waals surface area contributed by atoms with Gasteiger partial charge in [-0.1, -0.05) is 30.3 Å². The van der Waals surface area contributed by atoms with Crippen LogP contribution >= 0.6 is 11.3 Å². The predicted octanol–water partition coefficient (Wildman–Crippen LogP) is 1.93. The standard InChI is InChI=1S/C19H19N3O3S/c1-20-16(23)14-10-15(26-18(14)21(2)19(20)25)17(24)22-9-8-13(11-22)12-6-4-3-5-7-12/h3-7,10,13H,8-9,11H2,1-2H3. The molecule has 1 amide bonds. The molecule has 1 unspecified atom stereocenters. The Hall–Kier alpha value is -2.67. The molecule has 1 fully saturated rings. The fourth-order valence-corrected chi connectivity index (χ4v) is 4.64. The van der Waals surface area contributed by atoms with Gasteiger partial charge in [0.25, 0.3) is 11.5 Å². The van der Waals surface area contributed by atoms with Crippen molar-refractivity contribution in [1.82, 2.24) is 14.0 Å². The van der Waals surface area contributed by atoms with Gasteiger partial charge in [0.05, 0.1) is 10.3 Å². The molecule has 1 aliphatic heterocycles. The van der Waals surface area contributed by atoms with Gasteiger partial charge in [-0.05, 0) is 18.1 Å². The zero-order valence-electron chi connectivity index (χ0n) is 14.6. The molecule has 3 aromatic rings. The zero-order chi connectivity index (χ0) is 18.4. The van der Waals surface area contributed by atoms with E-state index < -0.39 is 0 Å². The minimum absolute atomic E-state index is 0.0702. The summed E-state index contributed by atoms with van der Waals surface area (Å²) in [6, 6.07) is 11.8. The van der Waals surface area contributed by atoms with E-state index in [0.29, 0.717) is 34.1 Å². The molecule has 0 aliphatic carbocycles. The first-order valence-electron chi connectivity index (χ1n) is 8.51. The summed E-state index contributed by atoms with van der Waals surface area (Å²) < 4.78 is 2.50. The highest BCUT2D eigenvalue weighted by Gasteiger charge is 2.29. The number of amides is 1. The van der Waals surface area contributed by atoms with Gasteiger partial charge in [-0.25, -0.2) is 4.79 Å².